The van der Waals surface area contributed by atoms with Crippen LogP contribution in [0.1, 0.15) is 43.2 Å². The van der Waals surface area contributed by atoms with E-state index in [1.807, 2.05) is 25.3 Å². The molecule has 0 fully saturated rings. The largest absolute Gasteiger partial charge is 0.480 e. The van der Waals surface area contributed by atoms with E-state index in [-0.39, 0.29) is 17.7 Å². The molecule has 0 saturated heterocycles. The number of rotatable bonds is 7. The topological polar surface area (TPSA) is 66.4 Å². The maximum absolute atomic E-state index is 12.1. The molecule has 0 bridgehead atoms. The average Bonchev–Trinajstić information content (AvgIpc) is 2.54. The highest BCUT2D eigenvalue weighted by Crippen LogP contribution is 2.34. The minimum atomic E-state index is -0.947. The molecule has 3 atom stereocenters. The summed E-state index contributed by atoms with van der Waals surface area (Å²) in [4.78, 5) is 23.7. The van der Waals surface area contributed by atoms with Crippen LogP contribution in [0.2, 0.25) is 0 Å². The lowest BCUT2D eigenvalue weighted by atomic mass is 9.79. The number of amides is 1. The molecule has 5 heteroatoms. The molecular weight excluding hydrogens is 310 g/mol. The van der Waals surface area contributed by atoms with Crippen molar-refractivity contribution in [2.45, 2.75) is 44.6 Å². The van der Waals surface area contributed by atoms with Crippen LogP contribution in [-0.2, 0) is 16.0 Å². The molecule has 1 aliphatic carbocycles. The van der Waals surface area contributed by atoms with Crippen molar-refractivity contribution in [3.8, 4) is 0 Å². The van der Waals surface area contributed by atoms with Crippen LogP contribution in [0.3, 0.4) is 0 Å². The van der Waals surface area contributed by atoms with Gasteiger partial charge in [0.05, 0.1) is 0 Å². The van der Waals surface area contributed by atoms with Gasteiger partial charge >= 0.3 is 5.97 Å². The van der Waals surface area contributed by atoms with Gasteiger partial charge in [-0.3, -0.25) is 4.79 Å². The van der Waals surface area contributed by atoms with Crippen molar-refractivity contribution in [2.75, 3.05) is 12.0 Å². The number of hydrogen-bond donors (Lipinski definition) is 2. The normalized spacial score (nSPS) is 19.5. The molecule has 1 aromatic carbocycles. The van der Waals surface area contributed by atoms with E-state index >= 15 is 0 Å². The van der Waals surface area contributed by atoms with Gasteiger partial charge in [0, 0.05) is 11.7 Å². The number of carbonyl (C=O) groups is 2. The molecule has 0 heterocycles. The van der Waals surface area contributed by atoms with Gasteiger partial charge in [-0.05, 0) is 49.0 Å². The van der Waals surface area contributed by atoms with Gasteiger partial charge < -0.3 is 10.4 Å². The Balaban J connectivity index is 2.06. The molecule has 126 valence electrons. The number of carboxylic acids is 1. The predicted octanol–water partition coefficient (Wildman–Crippen LogP) is 3.07. The van der Waals surface area contributed by atoms with Crippen LogP contribution in [0.5, 0.6) is 0 Å². The van der Waals surface area contributed by atoms with Gasteiger partial charge in [0.15, 0.2) is 0 Å². The molecule has 0 aliphatic heterocycles. The first-order chi connectivity index (χ1) is 11.0. The standard InChI is InChI=1S/C18H25NO3S/c1-12(11-23-2)17(20)19-16(18(21)22)10-14-8-5-7-13-6-3-4-9-15(13)14/h3-4,6,9,12,14,16H,5,7-8,10-11H2,1-2H3,(H,19,20)(H,21,22). The van der Waals surface area contributed by atoms with Gasteiger partial charge in [0.25, 0.3) is 0 Å². The number of carboxylic acid groups (broad SMARTS) is 1. The fraction of sp³-hybridized carbons (Fsp3) is 0.556. The van der Waals surface area contributed by atoms with Crippen molar-refractivity contribution in [2.24, 2.45) is 5.92 Å². The third-order valence-electron chi connectivity index (χ3n) is 4.49. The van der Waals surface area contributed by atoms with Crippen LogP contribution in [0, 0.1) is 5.92 Å². The summed E-state index contributed by atoms with van der Waals surface area (Å²) in [5.74, 6) is -0.388. The number of nitrogens with one attached hydrogen (secondary N) is 1. The molecule has 4 nitrogen and oxygen atoms in total. The van der Waals surface area contributed by atoms with Gasteiger partial charge in [-0.25, -0.2) is 4.79 Å². The molecule has 0 spiro atoms. The van der Waals surface area contributed by atoms with Crippen LogP contribution >= 0.6 is 11.8 Å². The van der Waals surface area contributed by atoms with E-state index in [2.05, 4.69) is 17.4 Å². The number of carbonyl (C=O) groups excluding carboxylic acids is 1. The Labute approximate surface area is 142 Å². The molecule has 23 heavy (non-hydrogen) atoms. The molecule has 2 rings (SSSR count). The zero-order valence-electron chi connectivity index (χ0n) is 13.7. The highest BCUT2D eigenvalue weighted by molar-refractivity contribution is 7.98. The third-order valence-corrected chi connectivity index (χ3v) is 5.33. The summed E-state index contributed by atoms with van der Waals surface area (Å²) in [6.07, 6.45) is 5.52. The van der Waals surface area contributed by atoms with E-state index in [0.29, 0.717) is 12.2 Å². The summed E-state index contributed by atoms with van der Waals surface area (Å²) in [6, 6.07) is 7.43. The van der Waals surface area contributed by atoms with E-state index < -0.39 is 12.0 Å². The Morgan fingerprint density at radius 2 is 2.13 bits per heavy atom. The first kappa shape index (κ1) is 17.9. The SMILES string of the molecule is CSCC(C)C(=O)NC(CC1CCCc2ccccc21)C(=O)O. The summed E-state index contributed by atoms with van der Waals surface area (Å²) >= 11 is 1.59. The van der Waals surface area contributed by atoms with Crippen LogP contribution in [-0.4, -0.2) is 35.0 Å². The summed E-state index contributed by atoms with van der Waals surface area (Å²) in [5.41, 5.74) is 2.56. The molecule has 1 amide bonds. The smallest absolute Gasteiger partial charge is 0.326 e. The van der Waals surface area contributed by atoms with Crippen molar-refractivity contribution in [1.82, 2.24) is 5.32 Å². The lowest BCUT2D eigenvalue weighted by Crippen LogP contribution is -2.44. The number of hydrogen-bond acceptors (Lipinski definition) is 3. The van der Waals surface area contributed by atoms with Crippen LogP contribution in [0.25, 0.3) is 0 Å². The molecular formula is C18H25NO3S. The highest BCUT2D eigenvalue weighted by atomic mass is 32.2. The fourth-order valence-corrected chi connectivity index (χ4v) is 3.90. The Kier molecular flexibility index (Phi) is 6.51. The van der Waals surface area contributed by atoms with Crippen molar-refractivity contribution in [1.29, 1.82) is 0 Å². The van der Waals surface area contributed by atoms with Crippen LogP contribution in [0.15, 0.2) is 24.3 Å². The van der Waals surface area contributed by atoms with Crippen LogP contribution < -0.4 is 5.32 Å². The second kappa shape index (κ2) is 8.39. The number of fused-ring (bicyclic) bond motifs is 1. The molecule has 1 aromatic rings. The fourth-order valence-electron chi connectivity index (χ4n) is 3.25. The lowest BCUT2D eigenvalue weighted by molar-refractivity contribution is -0.142. The second-order valence-electron chi connectivity index (χ2n) is 6.28. The minimum absolute atomic E-state index is 0.171. The van der Waals surface area contributed by atoms with Crippen LogP contribution in [0.4, 0.5) is 0 Å². The highest BCUT2D eigenvalue weighted by Gasteiger charge is 2.29. The Morgan fingerprint density at radius 3 is 2.83 bits per heavy atom. The molecule has 3 unspecified atom stereocenters. The van der Waals surface area contributed by atoms with E-state index in [1.54, 1.807) is 11.8 Å². The first-order valence-corrected chi connectivity index (χ1v) is 9.52. The quantitative estimate of drug-likeness (QED) is 0.804. The van der Waals surface area contributed by atoms with E-state index in [9.17, 15) is 14.7 Å². The summed E-state index contributed by atoms with van der Waals surface area (Å²) in [6.45, 7) is 1.83. The third kappa shape index (κ3) is 4.74. The summed E-state index contributed by atoms with van der Waals surface area (Å²) in [5, 5.41) is 12.2. The second-order valence-corrected chi connectivity index (χ2v) is 7.19. The molecule has 0 aromatic heterocycles. The Hall–Kier alpha value is -1.49. The van der Waals surface area contributed by atoms with E-state index in [4.69, 9.17) is 0 Å². The first-order valence-electron chi connectivity index (χ1n) is 8.12. The van der Waals surface area contributed by atoms with Crippen molar-refractivity contribution in [3.63, 3.8) is 0 Å². The van der Waals surface area contributed by atoms with Crippen molar-refractivity contribution < 1.29 is 14.7 Å². The molecule has 1 aliphatic rings. The van der Waals surface area contributed by atoms with E-state index in [1.165, 1.54) is 11.1 Å². The lowest BCUT2D eigenvalue weighted by Gasteiger charge is -2.28. The van der Waals surface area contributed by atoms with E-state index in [0.717, 1.165) is 19.3 Å². The predicted molar refractivity (Wildman–Crippen MR) is 93.9 cm³/mol. The monoisotopic (exact) mass is 335 g/mol. The summed E-state index contributed by atoms with van der Waals surface area (Å²) < 4.78 is 0. The molecule has 0 saturated carbocycles. The van der Waals surface area contributed by atoms with Crippen molar-refractivity contribution >= 4 is 23.6 Å². The number of thioether (sulfide) groups is 1. The van der Waals surface area contributed by atoms with Crippen molar-refractivity contribution in [3.05, 3.63) is 35.4 Å². The molecule has 0 radical (unpaired) electrons. The van der Waals surface area contributed by atoms with Gasteiger partial charge in [0.2, 0.25) is 5.91 Å². The minimum Gasteiger partial charge on any atom is -0.480 e. The zero-order chi connectivity index (χ0) is 16.8. The number of benzene rings is 1. The van der Waals surface area contributed by atoms with Gasteiger partial charge in [-0.1, -0.05) is 31.2 Å². The zero-order valence-corrected chi connectivity index (χ0v) is 14.6. The number of aryl methyl sites for hydroxylation is 1. The maximum atomic E-state index is 12.1. The van der Waals surface area contributed by atoms with Gasteiger partial charge in [-0.15, -0.1) is 0 Å². The van der Waals surface area contributed by atoms with Gasteiger partial charge in [-0.2, -0.15) is 11.8 Å². The number of aliphatic carboxylic acids is 1. The Bertz CT molecular complexity index is 561. The van der Waals surface area contributed by atoms with Gasteiger partial charge in [0.1, 0.15) is 6.04 Å². The maximum Gasteiger partial charge on any atom is 0.326 e. The Morgan fingerprint density at radius 1 is 1.39 bits per heavy atom. The molecule has 2 N–H and O–H groups in total. The summed E-state index contributed by atoms with van der Waals surface area (Å²) in [7, 11) is 0. The average molecular weight is 335 g/mol.